The number of hydrogen-bond donors (Lipinski definition) is 2. The van der Waals surface area contributed by atoms with E-state index in [0.717, 1.165) is 51.2 Å². The molecule has 1 heterocycles. The lowest BCUT2D eigenvalue weighted by molar-refractivity contribution is 0.461. The molecule has 0 amide bonds. The van der Waals surface area contributed by atoms with Crippen LogP contribution in [-0.4, -0.2) is 0 Å². The van der Waals surface area contributed by atoms with Crippen LogP contribution in [0.3, 0.4) is 0 Å². The van der Waals surface area contributed by atoms with Gasteiger partial charge >= 0.3 is 0 Å². The second kappa shape index (κ2) is 5.78. The molecule has 0 saturated heterocycles. The SMILES string of the molecule is Nc1ccccc2c(ccc1)Cc1cc3cc(N)ccc3cc1O2. The minimum absolute atomic E-state index is 0.721. The van der Waals surface area contributed by atoms with Gasteiger partial charge in [0.15, 0.2) is 0 Å². The fraction of sp³-hybridized carbons (Fsp3) is 0.0476. The molecule has 1 aliphatic rings. The van der Waals surface area contributed by atoms with Crippen LogP contribution in [-0.2, 0) is 6.42 Å². The van der Waals surface area contributed by atoms with Crippen molar-refractivity contribution in [3.8, 4) is 11.5 Å². The van der Waals surface area contributed by atoms with E-state index in [1.54, 1.807) is 0 Å². The molecule has 0 fully saturated rings. The van der Waals surface area contributed by atoms with Gasteiger partial charge in [0.1, 0.15) is 11.5 Å². The Balaban J connectivity index is 1.86. The molecular formula is C21H18N2O. The topological polar surface area (TPSA) is 61.3 Å². The van der Waals surface area contributed by atoms with Crippen LogP contribution >= 0.6 is 0 Å². The van der Waals surface area contributed by atoms with Crippen molar-refractivity contribution in [2.45, 2.75) is 6.42 Å². The third-order valence-corrected chi connectivity index (χ3v) is 4.19. The standard InChI is InChI=1S/C21H18N2O/c22-18-5-1-2-7-20-15(4-3-6-18)10-17-11-16-12-19(23)9-8-14(16)13-21(17)24-20/h1-9,11-13H,10,22-23H2. The van der Waals surface area contributed by atoms with Crippen molar-refractivity contribution in [1.82, 2.24) is 0 Å². The Hall–Kier alpha value is -3.20. The van der Waals surface area contributed by atoms with E-state index in [1.165, 1.54) is 0 Å². The van der Waals surface area contributed by atoms with Gasteiger partial charge in [-0.25, -0.2) is 0 Å². The molecule has 4 rings (SSSR count). The smallest absolute Gasteiger partial charge is 0.131 e. The van der Waals surface area contributed by atoms with Gasteiger partial charge in [0.05, 0.1) is 0 Å². The number of ether oxygens (including phenoxy) is 1. The molecule has 0 aliphatic carbocycles. The van der Waals surface area contributed by atoms with Gasteiger partial charge in [-0.05, 0) is 64.4 Å². The second-order valence-electron chi connectivity index (χ2n) is 5.98. The number of nitrogens with two attached hydrogens (primary N) is 2. The number of benzene rings is 2. The van der Waals surface area contributed by atoms with Crippen molar-refractivity contribution in [3.63, 3.8) is 0 Å². The lowest BCUT2D eigenvalue weighted by atomic mass is 9.98. The highest BCUT2D eigenvalue weighted by Gasteiger charge is 2.16. The Labute approximate surface area is 140 Å². The number of rotatable bonds is 0. The molecule has 3 aromatic carbocycles. The maximum absolute atomic E-state index is 6.16. The predicted octanol–water partition coefficient (Wildman–Crippen LogP) is 4.83. The molecule has 24 heavy (non-hydrogen) atoms. The summed E-state index contributed by atoms with van der Waals surface area (Å²) in [4.78, 5) is 0. The van der Waals surface area contributed by atoms with Gasteiger partial charge in [-0.1, -0.05) is 30.3 Å². The lowest BCUT2D eigenvalue weighted by Crippen LogP contribution is -2.02. The van der Waals surface area contributed by atoms with Crippen LogP contribution in [0.15, 0.2) is 72.8 Å². The van der Waals surface area contributed by atoms with Gasteiger partial charge in [0.2, 0.25) is 0 Å². The molecule has 118 valence electrons. The van der Waals surface area contributed by atoms with Crippen LogP contribution in [0, 0.1) is 0 Å². The molecular weight excluding hydrogens is 296 g/mol. The lowest BCUT2D eigenvalue weighted by Gasteiger charge is -2.20. The Kier molecular flexibility index (Phi) is 3.47. The van der Waals surface area contributed by atoms with Gasteiger partial charge in [-0.3, -0.25) is 0 Å². The van der Waals surface area contributed by atoms with Gasteiger partial charge in [0.25, 0.3) is 0 Å². The van der Waals surface area contributed by atoms with Gasteiger partial charge in [0, 0.05) is 17.8 Å². The monoisotopic (exact) mass is 314 g/mol. The first-order valence-electron chi connectivity index (χ1n) is 7.91. The summed E-state index contributed by atoms with van der Waals surface area (Å²) >= 11 is 0. The maximum atomic E-state index is 6.16. The van der Waals surface area contributed by atoms with E-state index in [2.05, 4.69) is 18.2 Å². The van der Waals surface area contributed by atoms with Crippen molar-refractivity contribution in [2.75, 3.05) is 11.5 Å². The molecule has 3 heteroatoms. The van der Waals surface area contributed by atoms with Gasteiger partial charge in [-0.2, -0.15) is 0 Å². The fourth-order valence-corrected chi connectivity index (χ4v) is 2.97. The summed E-state index contributed by atoms with van der Waals surface area (Å²) in [5.74, 6) is 1.77. The molecule has 0 aromatic heterocycles. The molecule has 0 unspecified atom stereocenters. The third-order valence-electron chi connectivity index (χ3n) is 4.19. The minimum Gasteiger partial charge on any atom is -0.457 e. The zero-order valence-corrected chi connectivity index (χ0v) is 13.2. The summed E-state index contributed by atoms with van der Waals surface area (Å²) in [5.41, 5.74) is 15.6. The number of anilines is 2. The minimum atomic E-state index is 0.721. The molecule has 3 nitrogen and oxygen atoms in total. The van der Waals surface area contributed by atoms with Crippen LogP contribution < -0.4 is 16.2 Å². The molecule has 0 radical (unpaired) electrons. The van der Waals surface area contributed by atoms with Crippen LogP contribution in [0.5, 0.6) is 11.5 Å². The van der Waals surface area contributed by atoms with E-state index in [9.17, 15) is 0 Å². The Morgan fingerprint density at radius 2 is 1.46 bits per heavy atom. The first kappa shape index (κ1) is 14.4. The second-order valence-corrected chi connectivity index (χ2v) is 5.98. The molecule has 0 spiro atoms. The summed E-state index contributed by atoms with van der Waals surface area (Å²) in [6.07, 6.45) is 0.813. The van der Waals surface area contributed by atoms with E-state index in [4.69, 9.17) is 16.2 Å². The first-order valence-corrected chi connectivity index (χ1v) is 7.91. The highest BCUT2D eigenvalue weighted by Crippen LogP contribution is 2.38. The highest BCUT2D eigenvalue weighted by molar-refractivity contribution is 5.88. The van der Waals surface area contributed by atoms with E-state index in [1.807, 2.05) is 54.6 Å². The Morgan fingerprint density at radius 1 is 0.625 bits per heavy atom. The number of hydrogen-bond acceptors (Lipinski definition) is 3. The average Bonchev–Trinajstić information content (AvgIpc) is 2.57. The van der Waals surface area contributed by atoms with Gasteiger partial charge in [-0.15, -0.1) is 0 Å². The molecule has 1 aliphatic heterocycles. The van der Waals surface area contributed by atoms with Crippen molar-refractivity contribution < 1.29 is 4.74 Å². The third kappa shape index (κ3) is 2.72. The summed E-state index contributed by atoms with van der Waals surface area (Å²) < 4.78 is 6.16. The predicted molar refractivity (Wildman–Crippen MR) is 99.7 cm³/mol. The zero-order chi connectivity index (χ0) is 16.5. The van der Waals surface area contributed by atoms with Gasteiger partial charge < -0.3 is 16.2 Å². The maximum Gasteiger partial charge on any atom is 0.131 e. The van der Waals surface area contributed by atoms with Crippen molar-refractivity contribution >= 4 is 22.1 Å². The number of fused-ring (bicyclic) bond motifs is 3. The molecule has 0 atom stereocenters. The summed E-state index contributed by atoms with van der Waals surface area (Å²) in [5, 5.41) is 2.26. The van der Waals surface area contributed by atoms with Crippen LogP contribution in [0.1, 0.15) is 11.1 Å². The Morgan fingerprint density at radius 3 is 2.38 bits per heavy atom. The summed E-state index contributed by atoms with van der Waals surface area (Å²) in [7, 11) is 0. The summed E-state index contributed by atoms with van der Waals surface area (Å²) in [6, 6.07) is 23.8. The molecule has 4 N–H and O–H groups in total. The molecule has 3 aromatic rings. The van der Waals surface area contributed by atoms with Crippen LogP contribution in [0.25, 0.3) is 10.8 Å². The van der Waals surface area contributed by atoms with E-state index in [0.29, 0.717) is 0 Å². The fourth-order valence-electron chi connectivity index (χ4n) is 2.97. The highest BCUT2D eigenvalue weighted by atomic mass is 16.5. The van der Waals surface area contributed by atoms with E-state index in [-0.39, 0.29) is 0 Å². The first-order chi connectivity index (χ1) is 11.7. The normalized spacial score (nSPS) is 11.8. The number of nitrogen functional groups attached to an aromatic ring is 2. The zero-order valence-electron chi connectivity index (χ0n) is 13.2. The molecule has 0 saturated carbocycles. The van der Waals surface area contributed by atoms with E-state index < -0.39 is 0 Å². The van der Waals surface area contributed by atoms with Crippen molar-refractivity contribution in [3.05, 3.63) is 83.9 Å². The average molecular weight is 314 g/mol. The van der Waals surface area contributed by atoms with E-state index >= 15 is 0 Å². The molecule has 0 bridgehead atoms. The largest absolute Gasteiger partial charge is 0.457 e. The quantitative estimate of drug-likeness (QED) is 0.457. The van der Waals surface area contributed by atoms with Crippen molar-refractivity contribution in [2.24, 2.45) is 0 Å². The summed E-state index contributed by atoms with van der Waals surface area (Å²) in [6.45, 7) is 0. The van der Waals surface area contributed by atoms with Crippen LogP contribution in [0.4, 0.5) is 11.4 Å². The Bertz CT molecular complexity index is 983. The van der Waals surface area contributed by atoms with Crippen molar-refractivity contribution in [1.29, 1.82) is 0 Å². The van der Waals surface area contributed by atoms with Crippen LogP contribution in [0.2, 0.25) is 0 Å².